The Morgan fingerprint density at radius 2 is 1.89 bits per heavy atom. The Hall–Kier alpha value is -0.0800. The summed E-state index contributed by atoms with van der Waals surface area (Å²) in [6.45, 7) is 9.47. The molecular weight excluding hydrogens is 220 g/mol. The summed E-state index contributed by atoms with van der Waals surface area (Å²) < 4.78 is 0. The summed E-state index contributed by atoms with van der Waals surface area (Å²) in [7, 11) is 2.25. The van der Waals surface area contributed by atoms with Crippen LogP contribution in [0.4, 0.5) is 0 Å². The van der Waals surface area contributed by atoms with Crippen LogP contribution < -0.4 is 5.32 Å². The molecule has 0 saturated carbocycles. The van der Waals surface area contributed by atoms with E-state index in [9.17, 15) is 0 Å². The van der Waals surface area contributed by atoms with Crippen LogP contribution in [0.25, 0.3) is 0 Å². The Kier molecular flexibility index (Phi) is 7.92. The number of nitrogens with one attached hydrogen (secondary N) is 1. The molecule has 2 unspecified atom stereocenters. The van der Waals surface area contributed by atoms with Gasteiger partial charge in [-0.1, -0.05) is 39.5 Å². The van der Waals surface area contributed by atoms with E-state index in [0.717, 1.165) is 18.0 Å². The van der Waals surface area contributed by atoms with Crippen molar-refractivity contribution in [2.45, 2.75) is 77.8 Å². The van der Waals surface area contributed by atoms with Gasteiger partial charge in [0.2, 0.25) is 0 Å². The normalized spacial score (nSPS) is 25.8. The highest BCUT2D eigenvalue weighted by atomic mass is 15.1. The zero-order valence-corrected chi connectivity index (χ0v) is 13.0. The maximum Gasteiger partial charge on any atom is 0.00940 e. The number of unbranched alkanes of at least 4 members (excludes halogenated alkanes) is 3. The van der Waals surface area contributed by atoms with Gasteiger partial charge in [-0.15, -0.1) is 0 Å². The van der Waals surface area contributed by atoms with Gasteiger partial charge in [-0.05, 0) is 52.2 Å². The highest BCUT2D eigenvalue weighted by Crippen LogP contribution is 2.15. The predicted molar refractivity (Wildman–Crippen MR) is 81.0 cm³/mol. The average molecular weight is 254 g/mol. The summed E-state index contributed by atoms with van der Waals surface area (Å²) >= 11 is 0. The van der Waals surface area contributed by atoms with Gasteiger partial charge in [0.05, 0.1) is 0 Å². The first-order valence-corrected chi connectivity index (χ1v) is 8.03. The molecule has 1 aliphatic heterocycles. The lowest BCUT2D eigenvalue weighted by atomic mass is 9.99. The van der Waals surface area contributed by atoms with Crippen molar-refractivity contribution in [3.8, 4) is 0 Å². The Labute approximate surface area is 115 Å². The lowest BCUT2D eigenvalue weighted by Crippen LogP contribution is -2.45. The van der Waals surface area contributed by atoms with Gasteiger partial charge in [0.25, 0.3) is 0 Å². The molecule has 1 heterocycles. The third kappa shape index (κ3) is 6.75. The van der Waals surface area contributed by atoms with Gasteiger partial charge < -0.3 is 10.2 Å². The first-order valence-electron chi connectivity index (χ1n) is 8.03. The predicted octanol–water partition coefficient (Wildman–Crippen LogP) is 3.67. The Morgan fingerprint density at radius 1 is 1.17 bits per heavy atom. The molecule has 1 fully saturated rings. The molecule has 0 spiro atoms. The Balaban J connectivity index is 1.92. The summed E-state index contributed by atoms with van der Waals surface area (Å²) in [5.74, 6) is 0.879. The zero-order chi connectivity index (χ0) is 13.4. The molecule has 2 heteroatoms. The van der Waals surface area contributed by atoms with E-state index < -0.39 is 0 Å². The van der Waals surface area contributed by atoms with Crippen molar-refractivity contribution in [3.63, 3.8) is 0 Å². The molecule has 0 aromatic heterocycles. The molecule has 2 atom stereocenters. The van der Waals surface area contributed by atoms with Gasteiger partial charge in [0, 0.05) is 12.1 Å². The van der Waals surface area contributed by atoms with Crippen LogP contribution in [0.1, 0.15) is 65.7 Å². The molecule has 1 rings (SSSR count). The first-order chi connectivity index (χ1) is 8.59. The second kappa shape index (κ2) is 8.92. The first kappa shape index (κ1) is 16.0. The fraction of sp³-hybridized carbons (Fsp3) is 1.00. The molecule has 0 aromatic carbocycles. The summed E-state index contributed by atoms with van der Waals surface area (Å²) in [4.78, 5) is 2.48. The van der Waals surface area contributed by atoms with Gasteiger partial charge in [-0.3, -0.25) is 0 Å². The van der Waals surface area contributed by atoms with Crippen molar-refractivity contribution in [2.24, 2.45) is 5.92 Å². The van der Waals surface area contributed by atoms with E-state index in [2.05, 4.69) is 38.0 Å². The topological polar surface area (TPSA) is 15.3 Å². The number of nitrogens with zero attached hydrogens (tertiary/aromatic N) is 1. The number of hydrogen-bond donors (Lipinski definition) is 1. The molecule has 0 bridgehead atoms. The molecule has 0 amide bonds. The van der Waals surface area contributed by atoms with Crippen molar-refractivity contribution in [3.05, 3.63) is 0 Å². The third-order valence-corrected chi connectivity index (χ3v) is 4.35. The van der Waals surface area contributed by atoms with E-state index in [4.69, 9.17) is 0 Å². The zero-order valence-electron chi connectivity index (χ0n) is 13.0. The molecule has 2 nitrogen and oxygen atoms in total. The van der Waals surface area contributed by atoms with Crippen LogP contribution in [-0.4, -0.2) is 37.1 Å². The standard InChI is InChI=1S/C16H34N2/c1-14(2)9-7-5-6-8-11-17-16-10-12-18(4)15(3)13-16/h14-17H,5-13H2,1-4H3. The van der Waals surface area contributed by atoms with Crippen LogP contribution in [-0.2, 0) is 0 Å². The smallest absolute Gasteiger partial charge is 0.00940 e. The minimum atomic E-state index is 0.752. The molecule has 18 heavy (non-hydrogen) atoms. The summed E-state index contributed by atoms with van der Waals surface area (Å²) in [5.41, 5.74) is 0. The van der Waals surface area contributed by atoms with E-state index in [1.54, 1.807) is 0 Å². The fourth-order valence-corrected chi connectivity index (χ4v) is 2.81. The lowest BCUT2D eigenvalue weighted by Gasteiger charge is -2.35. The van der Waals surface area contributed by atoms with Gasteiger partial charge in [0.1, 0.15) is 0 Å². The van der Waals surface area contributed by atoms with E-state index in [0.29, 0.717) is 0 Å². The van der Waals surface area contributed by atoms with E-state index in [1.165, 1.54) is 58.0 Å². The Morgan fingerprint density at radius 3 is 2.56 bits per heavy atom. The highest BCUT2D eigenvalue weighted by molar-refractivity contribution is 4.80. The molecular formula is C16H34N2. The quantitative estimate of drug-likeness (QED) is 0.665. The fourth-order valence-electron chi connectivity index (χ4n) is 2.81. The van der Waals surface area contributed by atoms with Gasteiger partial charge >= 0.3 is 0 Å². The van der Waals surface area contributed by atoms with Gasteiger partial charge in [-0.2, -0.15) is 0 Å². The molecule has 0 radical (unpaired) electrons. The van der Waals surface area contributed by atoms with Crippen LogP contribution in [0.5, 0.6) is 0 Å². The second-order valence-electron chi connectivity index (χ2n) is 6.60. The summed E-state index contributed by atoms with van der Waals surface area (Å²) in [5, 5.41) is 3.75. The minimum Gasteiger partial charge on any atom is -0.314 e. The van der Waals surface area contributed by atoms with Crippen LogP contribution in [0.15, 0.2) is 0 Å². The maximum atomic E-state index is 3.75. The van der Waals surface area contributed by atoms with Crippen LogP contribution in [0, 0.1) is 5.92 Å². The summed E-state index contributed by atoms with van der Waals surface area (Å²) in [6, 6.07) is 1.52. The molecule has 1 saturated heterocycles. The van der Waals surface area contributed by atoms with Crippen LogP contribution in [0.2, 0.25) is 0 Å². The molecule has 0 aliphatic carbocycles. The van der Waals surface area contributed by atoms with Gasteiger partial charge in [-0.25, -0.2) is 0 Å². The average Bonchev–Trinajstić information content (AvgIpc) is 2.32. The largest absolute Gasteiger partial charge is 0.314 e. The van der Waals surface area contributed by atoms with Gasteiger partial charge in [0.15, 0.2) is 0 Å². The van der Waals surface area contributed by atoms with E-state index in [1.807, 2.05) is 0 Å². The number of hydrogen-bond acceptors (Lipinski definition) is 2. The molecule has 0 aromatic rings. The second-order valence-corrected chi connectivity index (χ2v) is 6.60. The minimum absolute atomic E-state index is 0.752. The van der Waals surface area contributed by atoms with Crippen molar-refractivity contribution < 1.29 is 0 Å². The SMILES string of the molecule is CC(C)CCCCCCNC1CCN(C)C(C)C1. The number of likely N-dealkylation sites (tertiary alicyclic amines) is 1. The molecule has 1 N–H and O–H groups in total. The number of rotatable bonds is 8. The van der Waals surface area contributed by atoms with Crippen LogP contribution in [0.3, 0.4) is 0 Å². The molecule has 108 valence electrons. The molecule has 1 aliphatic rings. The lowest BCUT2D eigenvalue weighted by molar-refractivity contribution is 0.168. The van der Waals surface area contributed by atoms with Crippen molar-refractivity contribution in [2.75, 3.05) is 20.1 Å². The van der Waals surface area contributed by atoms with Crippen molar-refractivity contribution in [1.82, 2.24) is 10.2 Å². The van der Waals surface area contributed by atoms with Crippen LogP contribution >= 0.6 is 0 Å². The van der Waals surface area contributed by atoms with Crippen molar-refractivity contribution in [1.29, 1.82) is 0 Å². The van der Waals surface area contributed by atoms with Crippen molar-refractivity contribution >= 4 is 0 Å². The monoisotopic (exact) mass is 254 g/mol. The van der Waals surface area contributed by atoms with E-state index >= 15 is 0 Å². The summed E-state index contributed by atoms with van der Waals surface area (Å²) in [6.07, 6.45) is 9.66. The highest BCUT2D eigenvalue weighted by Gasteiger charge is 2.21. The maximum absolute atomic E-state index is 3.75. The van der Waals surface area contributed by atoms with E-state index in [-0.39, 0.29) is 0 Å². The Bertz CT molecular complexity index is 203. The third-order valence-electron chi connectivity index (χ3n) is 4.35. The number of piperidine rings is 1.